The fraction of sp³-hybridized carbons (Fsp3) is 0.227. The zero-order valence-corrected chi connectivity index (χ0v) is 17.6. The summed E-state index contributed by atoms with van der Waals surface area (Å²) in [5.41, 5.74) is 3.11. The number of carbonyl (C=O) groups is 2. The van der Waals surface area contributed by atoms with Gasteiger partial charge in [-0.3, -0.25) is 9.69 Å². The number of nitrogens with one attached hydrogen (secondary N) is 1. The molecule has 0 bridgehead atoms. The Bertz CT molecular complexity index is 986. The molecule has 1 heterocycles. The van der Waals surface area contributed by atoms with Gasteiger partial charge in [-0.1, -0.05) is 36.4 Å². The molecule has 1 aliphatic heterocycles. The highest BCUT2D eigenvalue weighted by atomic mass is 32.1. The van der Waals surface area contributed by atoms with Crippen LogP contribution in [-0.4, -0.2) is 43.1 Å². The van der Waals surface area contributed by atoms with Crippen molar-refractivity contribution in [1.82, 2.24) is 10.2 Å². The average Bonchev–Trinajstić information content (AvgIpc) is 2.73. The van der Waals surface area contributed by atoms with Crippen LogP contribution in [0.1, 0.15) is 28.9 Å². The van der Waals surface area contributed by atoms with E-state index < -0.39 is 12.0 Å². The van der Waals surface area contributed by atoms with Crippen molar-refractivity contribution < 1.29 is 14.3 Å². The van der Waals surface area contributed by atoms with Crippen LogP contribution in [0.5, 0.6) is 0 Å². The lowest BCUT2D eigenvalue weighted by Crippen LogP contribution is -2.49. The summed E-state index contributed by atoms with van der Waals surface area (Å²) >= 11 is 5.65. The standard InChI is InChI=1S/C22H23N3O3S/c1-14-18(20(26)24(2)3)19(16-12-8-9-13-17(16)21(27)28-4)23-22(29)25(14)15-10-6-5-7-11-15/h5-13,19H,1-4H3,(H,23,29). The SMILES string of the molecule is COC(=O)c1ccccc1C1NC(=S)N(c2ccccc2)C(C)=C1C(=O)N(C)C. The van der Waals surface area contributed by atoms with Crippen LogP contribution in [-0.2, 0) is 9.53 Å². The van der Waals surface area contributed by atoms with Crippen molar-refractivity contribution in [3.63, 3.8) is 0 Å². The lowest BCUT2D eigenvalue weighted by Gasteiger charge is -2.39. The normalized spacial score (nSPS) is 16.3. The highest BCUT2D eigenvalue weighted by Crippen LogP contribution is 2.35. The number of ether oxygens (including phenoxy) is 1. The Morgan fingerprint density at radius 3 is 2.31 bits per heavy atom. The summed E-state index contributed by atoms with van der Waals surface area (Å²) < 4.78 is 4.93. The molecular weight excluding hydrogens is 386 g/mol. The van der Waals surface area contributed by atoms with Crippen molar-refractivity contribution in [2.45, 2.75) is 13.0 Å². The number of esters is 1. The molecule has 0 saturated carbocycles. The van der Waals surface area contributed by atoms with E-state index in [0.29, 0.717) is 27.5 Å². The van der Waals surface area contributed by atoms with E-state index in [1.54, 1.807) is 32.3 Å². The van der Waals surface area contributed by atoms with Gasteiger partial charge in [0.1, 0.15) is 0 Å². The fourth-order valence-electron chi connectivity index (χ4n) is 3.43. The Morgan fingerprint density at radius 2 is 1.69 bits per heavy atom. The van der Waals surface area contributed by atoms with Gasteiger partial charge in [-0.05, 0) is 42.9 Å². The predicted molar refractivity (Wildman–Crippen MR) is 117 cm³/mol. The molecule has 1 unspecified atom stereocenters. The fourth-order valence-corrected chi connectivity index (χ4v) is 3.79. The number of methoxy groups -OCH3 is 1. The van der Waals surface area contributed by atoms with Crippen molar-refractivity contribution in [3.05, 3.63) is 77.0 Å². The average molecular weight is 410 g/mol. The number of rotatable bonds is 4. The van der Waals surface area contributed by atoms with Gasteiger partial charge < -0.3 is 15.0 Å². The van der Waals surface area contributed by atoms with E-state index in [4.69, 9.17) is 17.0 Å². The maximum Gasteiger partial charge on any atom is 0.338 e. The number of para-hydroxylation sites is 1. The second-order valence-corrected chi connectivity index (χ2v) is 7.22. The van der Waals surface area contributed by atoms with Crippen LogP contribution < -0.4 is 10.2 Å². The molecule has 2 aromatic carbocycles. The third kappa shape index (κ3) is 3.86. The van der Waals surface area contributed by atoms with Crippen LogP contribution in [0, 0.1) is 0 Å². The summed E-state index contributed by atoms with van der Waals surface area (Å²) in [6.45, 7) is 1.87. The minimum absolute atomic E-state index is 0.164. The van der Waals surface area contributed by atoms with Crippen LogP contribution in [0.15, 0.2) is 65.9 Å². The molecule has 1 N–H and O–H groups in total. The van der Waals surface area contributed by atoms with E-state index in [1.165, 1.54) is 12.0 Å². The zero-order valence-electron chi connectivity index (χ0n) is 16.8. The number of nitrogens with zero attached hydrogens (tertiary/aromatic N) is 2. The third-order valence-electron chi connectivity index (χ3n) is 4.81. The summed E-state index contributed by atoms with van der Waals surface area (Å²) in [4.78, 5) is 28.9. The number of likely N-dealkylation sites (N-methyl/N-ethyl adjacent to an activating group) is 1. The van der Waals surface area contributed by atoms with Gasteiger partial charge in [-0.25, -0.2) is 4.79 Å². The number of thiocarbonyl (C=S) groups is 1. The minimum atomic E-state index is -0.576. The molecule has 0 aromatic heterocycles. The van der Waals surface area contributed by atoms with Gasteiger partial charge in [0.15, 0.2) is 5.11 Å². The summed E-state index contributed by atoms with van der Waals surface area (Å²) in [6.07, 6.45) is 0. The summed E-state index contributed by atoms with van der Waals surface area (Å²) in [5, 5.41) is 3.71. The molecule has 29 heavy (non-hydrogen) atoms. The number of allylic oxidation sites excluding steroid dienone is 1. The number of hydrogen-bond donors (Lipinski definition) is 1. The summed E-state index contributed by atoms with van der Waals surface area (Å²) in [7, 11) is 4.74. The highest BCUT2D eigenvalue weighted by molar-refractivity contribution is 7.80. The molecule has 1 atom stereocenters. The quantitative estimate of drug-likeness (QED) is 0.618. The van der Waals surface area contributed by atoms with E-state index in [9.17, 15) is 9.59 Å². The molecule has 0 saturated heterocycles. The molecule has 0 radical (unpaired) electrons. The summed E-state index contributed by atoms with van der Waals surface area (Å²) in [6, 6.07) is 16.1. The van der Waals surface area contributed by atoms with Crippen molar-refractivity contribution in [2.24, 2.45) is 0 Å². The van der Waals surface area contributed by atoms with Gasteiger partial charge in [-0.15, -0.1) is 0 Å². The number of anilines is 1. The predicted octanol–water partition coefficient (Wildman–Crippen LogP) is 3.27. The molecule has 150 valence electrons. The van der Waals surface area contributed by atoms with Crippen molar-refractivity contribution in [1.29, 1.82) is 0 Å². The number of amides is 1. The smallest absolute Gasteiger partial charge is 0.338 e. The molecule has 7 heteroatoms. The first-order chi connectivity index (χ1) is 13.9. The van der Waals surface area contributed by atoms with E-state index in [1.807, 2.05) is 48.2 Å². The first kappa shape index (κ1) is 20.5. The van der Waals surface area contributed by atoms with Crippen molar-refractivity contribution in [3.8, 4) is 0 Å². The first-order valence-electron chi connectivity index (χ1n) is 9.12. The number of hydrogen-bond acceptors (Lipinski definition) is 4. The Kier molecular flexibility index (Phi) is 5.98. The van der Waals surface area contributed by atoms with Gasteiger partial charge in [0, 0.05) is 25.5 Å². The van der Waals surface area contributed by atoms with Crippen LogP contribution >= 0.6 is 12.2 Å². The van der Waals surface area contributed by atoms with Gasteiger partial charge in [0.2, 0.25) is 0 Å². The van der Waals surface area contributed by atoms with Crippen molar-refractivity contribution in [2.75, 3.05) is 26.1 Å². The molecule has 1 aliphatic rings. The molecule has 0 fully saturated rings. The molecule has 6 nitrogen and oxygen atoms in total. The second-order valence-electron chi connectivity index (χ2n) is 6.83. The Morgan fingerprint density at radius 1 is 1.07 bits per heavy atom. The Labute approximate surface area is 175 Å². The largest absolute Gasteiger partial charge is 0.465 e. The maximum atomic E-state index is 13.2. The number of carbonyl (C=O) groups excluding carboxylic acids is 2. The highest BCUT2D eigenvalue weighted by Gasteiger charge is 2.36. The van der Waals surface area contributed by atoms with Gasteiger partial charge >= 0.3 is 5.97 Å². The minimum Gasteiger partial charge on any atom is -0.465 e. The lowest BCUT2D eigenvalue weighted by molar-refractivity contribution is -0.125. The van der Waals surface area contributed by atoms with Crippen molar-refractivity contribution >= 4 is 34.9 Å². The maximum absolute atomic E-state index is 13.2. The third-order valence-corrected chi connectivity index (χ3v) is 5.11. The second kappa shape index (κ2) is 8.45. The number of benzene rings is 2. The summed E-state index contributed by atoms with van der Waals surface area (Å²) in [5.74, 6) is -0.629. The monoisotopic (exact) mass is 409 g/mol. The molecule has 2 aromatic rings. The molecular formula is C22H23N3O3S. The Hall–Kier alpha value is -3.19. The van der Waals surface area contributed by atoms with E-state index in [-0.39, 0.29) is 5.91 Å². The van der Waals surface area contributed by atoms with E-state index >= 15 is 0 Å². The molecule has 3 rings (SSSR count). The Balaban J connectivity index is 2.21. The van der Waals surface area contributed by atoms with Crippen LogP contribution in [0.3, 0.4) is 0 Å². The topological polar surface area (TPSA) is 61.9 Å². The van der Waals surface area contributed by atoms with Gasteiger partial charge in [0.25, 0.3) is 5.91 Å². The molecule has 1 amide bonds. The molecule has 0 aliphatic carbocycles. The van der Waals surface area contributed by atoms with Crippen LogP contribution in [0.25, 0.3) is 0 Å². The van der Waals surface area contributed by atoms with Gasteiger partial charge in [0.05, 0.1) is 24.3 Å². The zero-order chi connectivity index (χ0) is 21.1. The van der Waals surface area contributed by atoms with E-state index in [0.717, 1.165) is 5.69 Å². The van der Waals surface area contributed by atoms with Crippen LogP contribution in [0.4, 0.5) is 5.69 Å². The molecule has 0 spiro atoms. The van der Waals surface area contributed by atoms with Crippen LogP contribution in [0.2, 0.25) is 0 Å². The first-order valence-corrected chi connectivity index (χ1v) is 9.53. The lowest BCUT2D eigenvalue weighted by atomic mass is 9.90. The van der Waals surface area contributed by atoms with E-state index in [2.05, 4.69) is 5.32 Å². The van der Waals surface area contributed by atoms with Gasteiger partial charge in [-0.2, -0.15) is 0 Å².